The summed E-state index contributed by atoms with van der Waals surface area (Å²) in [4.78, 5) is 14.8. The highest BCUT2D eigenvalue weighted by molar-refractivity contribution is 9.10. The van der Waals surface area contributed by atoms with Crippen molar-refractivity contribution in [3.63, 3.8) is 0 Å². The third kappa shape index (κ3) is 3.20. The van der Waals surface area contributed by atoms with Crippen molar-refractivity contribution >= 4 is 21.9 Å². The third-order valence-electron chi connectivity index (χ3n) is 2.01. The van der Waals surface area contributed by atoms with E-state index < -0.39 is 18.0 Å². The average Bonchev–Trinajstić information content (AvgIpc) is 2.30. The molecule has 0 atom stereocenters. The van der Waals surface area contributed by atoms with Crippen molar-refractivity contribution in [2.24, 2.45) is 0 Å². The second-order valence-electron chi connectivity index (χ2n) is 3.03. The molecule has 0 spiro atoms. The van der Waals surface area contributed by atoms with Crippen LogP contribution in [0.4, 0.5) is 8.78 Å². The summed E-state index contributed by atoms with van der Waals surface area (Å²) in [7, 11) is 1.16. The van der Waals surface area contributed by atoms with Gasteiger partial charge in [-0.1, -0.05) is 0 Å². The van der Waals surface area contributed by atoms with E-state index in [0.29, 0.717) is 0 Å². The van der Waals surface area contributed by atoms with Gasteiger partial charge < -0.3 is 4.74 Å². The Labute approximate surface area is 104 Å². The van der Waals surface area contributed by atoms with E-state index in [1.165, 1.54) is 0 Å². The number of nitriles is 1. The first-order chi connectivity index (χ1) is 7.99. The molecule has 0 fully saturated rings. The van der Waals surface area contributed by atoms with Gasteiger partial charge in [0.25, 0.3) is 6.43 Å². The number of methoxy groups -OCH3 is 1. The Morgan fingerprint density at radius 1 is 1.71 bits per heavy atom. The number of aromatic nitrogens is 1. The van der Waals surface area contributed by atoms with Crippen LogP contribution < -0.4 is 0 Å². The predicted octanol–water partition coefficient (Wildman–Crippen LogP) is 2.37. The fourth-order valence-electron chi connectivity index (χ4n) is 1.20. The lowest BCUT2D eigenvalue weighted by Gasteiger charge is -2.09. The molecule has 0 unspecified atom stereocenters. The van der Waals surface area contributed by atoms with Crippen LogP contribution in [0.2, 0.25) is 0 Å². The van der Waals surface area contributed by atoms with Gasteiger partial charge in [0, 0.05) is 11.1 Å². The molecule has 1 aromatic heterocycles. The number of carbonyl (C=O) groups excluding carboxylic acids is 1. The highest BCUT2D eigenvalue weighted by atomic mass is 79.9. The summed E-state index contributed by atoms with van der Waals surface area (Å²) >= 11 is 2.96. The quantitative estimate of drug-likeness (QED) is 0.635. The van der Waals surface area contributed by atoms with Crippen LogP contribution in [0.3, 0.4) is 0 Å². The maximum absolute atomic E-state index is 12.8. The number of esters is 1. The summed E-state index contributed by atoms with van der Waals surface area (Å²) in [6.07, 6.45) is -3.11. The van der Waals surface area contributed by atoms with Gasteiger partial charge >= 0.3 is 5.97 Å². The first-order valence-electron chi connectivity index (χ1n) is 4.44. The summed E-state index contributed by atoms with van der Waals surface area (Å²) in [6, 6.07) is 2.63. The van der Waals surface area contributed by atoms with Gasteiger partial charge in [0.05, 0.1) is 13.5 Å². The van der Waals surface area contributed by atoms with Crippen molar-refractivity contribution in [1.29, 1.82) is 5.26 Å². The number of ether oxygens (including phenoxy) is 1. The van der Waals surface area contributed by atoms with Crippen LogP contribution in [-0.2, 0) is 16.0 Å². The molecule has 1 heterocycles. The van der Waals surface area contributed by atoms with Crippen molar-refractivity contribution in [1.82, 2.24) is 4.98 Å². The Morgan fingerprint density at radius 2 is 2.35 bits per heavy atom. The monoisotopic (exact) mass is 304 g/mol. The van der Waals surface area contributed by atoms with Gasteiger partial charge in [0.15, 0.2) is 0 Å². The van der Waals surface area contributed by atoms with Gasteiger partial charge in [0.2, 0.25) is 0 Å². The highest BCUT2D eigenvalue weighted by Gasteiger charge is 2.20. The first kappa shape index (κ1) is 13.5. The van der Waals surface area contributed by atoms with E-state index >= 15 is 0 Å². The summed E-state index contributed by atoms with van der Waals surface area (Å²) in [6.45, 7) is 0. The number of carbonyl (C=O) groups is 1. The smallest absolute Gasteiger partial charge is 0.310 e. The molecule has 7 heteroatoms. The number of hydrogen-bond acceptors (Lipinski definition) is 4. The van der Waals surface area contributed by atoms with E-state index in [1.807, 2.05) is 0 Å². The molecule has 0 aromatic carbocycles. The summed E-state index contributed by atoms with van der Waals surface area (Å²) in [5.41, 5.74) is -0.500. The van der Waals surface area contributed by atoms with E-state index in [1.54, 1.807) is 6.07 Å². The van der Waals surface area contributed by atoms with Gasteiger partial charge in [-0.3, -0.25) is 4.79 Å². The fraction of sp³-hybridized carbons (Fsp3) is 0.300. The van der Waals surface area contributed by atoms with E-state index in [9.17, 15) is 13.6 Å². The lowest BCUT2D eigenvalue weighted by molar-refractivity contribution is -0.139. The van der Waals surface area contributed by atoms with E-state index in [2.05, 4.69) is 25.7 Å². The van der Waals surface area contributed by atoms with E-state index in [0.717, 1.165) is 13.2 Å². The number of hydrogen-bond donors (Lipinski definition) is 0. The molecule has 90 valence electrons. The normalized spacial score (nSPS) is 10.1. The maximum Gasteiger partial charge on any atom is 0.310 e. The third-order valence-corrected chi connectivity index (χ3v) is 2.66. The molecule has 0 radical (unpaired) electrons. The van der Waals surface area contributed by atoms with Gasteiger partial charge in [-0.15, -0.1) is 0 Å². The molecule has 0 N–H and O–H groups in total. The Bertz CT molecular complexity index is 486. The number of rotatable bonds is 3. The molecule has 0 amide bonds. The highest BCUT2D eigenvalue weighted by Crippen LogP contribution is 2.28. The minimum absolute atomic E-state index is 0.0332. The Balaban J connectivity index is 3.27. The molecule has 0 bridgehead atoms. The number of alkyl halides is 2. The zero-order valence-electron chi connectivity index (χ0n) is 8.71. The Morgan fingerprint density at radius 3 is 2.82 bits per heavy atom. The van der Waals surface area contributed by atoms with Crippen molar-refractivity contribution < 1.29 is 18.3 Å². The van der Waals surface area contributed by atoms with Crippen LogP contribution in [0.5, 0.6) is 0 Å². The number of pyridine rings is 1. The zero-order valence-corrected chi connectivity index (χ0v) is 10.3. The molecule has 0 saturated carbocycles. The van der Waals surface area contributed by atoms with Crippen molar-refractivity contribution in [3.05, 3.63) is 27.5 Å². The van der Waals surface area contributed by atoms with Gasteiger partial charge in [-0.05, 0) is 22.0 Å². The van der Waals surface area contributed by atoms with Crippen LogP contribution in [0.15, 0.2) is 10.7 Å². The average molecular weight is 305 g/mol. The molecule has 4 nitrogen and oxygen atoms in total. The van der Waals surface area contributed by atoms with Crippen molar-refractivity contribution in [3.8, 4) is 6.07 Å². The van der Waals surface area contributed by atoms with Gasteiger partial charge in [0.1, 0.15) is 16.4 Å². The number of halogens is 3. The van der Waals surface area contributed by atoms with Crippen molar-refractivity contribution in [2.45, 2.75) is 12.8 Å². The SMILES string of the molecule is COC(=O)Cc1c(C(F)F)cc(C#N)nc1Br. The van der Waals surface area contributed by atoms with Crippen LogP contribution in [0, 0.1) is 11.3 Å². The van der Waals surface area contributed by atoms with E-state index in [-0.39, 0.29) is 22.3 Å². The fourth-order valence-corrected chi connectivity index (χ4v) is 1.76. The molecule has 0 aliphatic rings. The largest absolute Gasteiger partial charge is 0.469 e. The molecular weight excluding hydrogens is 298 g/mol. The molecule has 0 aliphatic heterocycles. The molecule has 1 rings (SSSR count). The van der Waals surface area contributed by atoms with Gasteiger partial charge in [-0.25, -0.2) is 13.8 Å². The van der Waals surface area contributed by atoms with E-state index in [4.69, 9.17) is 5.26 Å². The topological polar surface area (TPSA) is 63.0 Å². The molecule has 0 aliphatic carbocycles. The minimum Gasteiger partial charge on any atom is -0.469 e. The number of nitrogens with zero attached hydrogens (tertiary/aromatic N) is 2. The van der Waals surface area contributed by atoms with Crippen LogP contribution in [0.25, 0.3) is 0 Å². The summed E-state index contributed by atoms with van der Waals surface area (Å²) in [5.74, 6) is -0.654. The van der Waals surface area contributed by atoms with Crippen LogP contribution in [-0.4, -0.2) is 18.1 Å². The second-order valence-corrected chi connectivity index (χ2v) is 3.78. The Hall–Kier alpha value is -1.55. The van der Waals surface area contributed by atoms with Crippen molar-refractivity contribution in [2.75, 3.05) is 7.11 Å². The lowest BCUT2D eigenvalue weighted by atomic mass is 10.1. The summed E-state index contributed by atoms with van der Waals surface area (Å²) < 4.78 is 30.0. The predicted molar refractivity (Wildman–Crippen MR) is 57.3 cm³/mol. The maximum atomic E-state index is 12.8. The second kappa shape index (κ2) is 5.68. The molecule has 17 heavy (non-hydrogen) atoms. The lowest BCUT2D eigenvalue weighted by Crippen LogP contribution is -2.09. The van der Waals surface area contributed by atoms with Crippen LogP contribution in [0.1, 0.15) is 23.2 Å². The first-order valence-corrected chi connectivity index (χ1v) is 5.23. The van der Waals surface area contributed by atoms with Gasteiger partial charge in [-0.2, -0.15) is 5.26 Å². The minimum atomic E-state index is -2.79. The standard InChI is InChI=1S/C10H7BrF2N2O2/c1-17-8(16)3-6-7(10(12)13)2-5(4-14)15-9(6)11/h2,10H,3H2,1H3. The molecule has 1 aromatic rings. The van der Waals surface area contributed by atoms with Crippen LogP contribution >= 0.6 is 15.9 Å². The molecular formula is C10H7BrF2N2O2. The Kier molecular flexibility index (Phi) is 4.52. The zero-order chi connectivity index (χ0) is 13.0. The molecule has 0 saturated heterocycles. The summed E-state index contributed by atoms with van der Waals surface area (Å²) in [5, 5.41) is 8.62.